The highest BCUT2D eigenvalue weighted by molar-refractivity contribution is 7.03. The summed E-state index contributed by atoms with van der Waals surface area (Å²) in [6, 6.07) is 23.8. The summed E-state index contributed by atoms with van der Waals surface area (Å²) >= 11 is 1.50. The number of hydrogen-bond donors (Lipinski definition) is 0. The van der Waals surface area contributed by atoms with Crippen molar-refractivity contribution in [2.24, 2.45) is 0 Å². The van der Waals surface area contributed by atoms with E-state index in [1.807, 2.05) is 5.38 Å². The Hall–Kier alpha value is -2.91. The molecule has 1 aromatic heterocycles. The van der Waals surface area contributed by atoms with E-state index >= 15 is 0 Å². The number of fused-ring (bicyclic) bond motifs is 1. The van der Waals surface area contributed by atoms with Gasteiger partial charge in [-0.3, -0.25) is 0 Å². The summed E-state index contributed by atoms with van der Waals surface area (Å²) in [5, 5.41) is 4.52. The van der Waals surface area contributed by atoms with Gasteiger partial charge in [0.15, 0.2) is 0 Å². The zero-order valence-electron chi connectivity index (χ0n) is 16.3. The molecule has 0 aliphatic carbocycles. The first kappa shape index (κ1) is 18.5. The summed E-state index contributed by atoms with van der Waals surface area (Å²) in [5.41, 5.74) is 5.91. The predicted molar refractivity (Wildman–Crippen MR) is 124 cm³/mol. The van der Waals surface area contributed by atoms with Gasteiger partial charge in [0, 0.05) is 29.7 Å². The minimum Gasteiger partial charge on any atom is -0.372 e. The van der Waals surface area contributed by atoms with Gasteiger partial charge in [-0.15, -0.1) is 0 Å². The molecule has 0 fully saturated rings. The predicted octanol–water partition coefficient (Wildman–Crippen LogP) is 6.98. The Morgan fingerprint density at radius 3 is 2.36 bits per heavy atom. The van der Waals surface area contributed by atoms with E-state index in [9.17, 15) is 0 Å². The highest BCUT2D eigenvalue weighted by Gasteiger charge is 2.10. The molecule has 0 aliphatic rings. The molecule has 0 amide bonds. The summed E-state index contributed by atoms with van der Waals surface area (Å²) in [5.74, 6) is 0. The molecule has 2 nitrogen and oxygen atoms in total. The van der Waals surface area contributed by atoms with Gasteiger partial charge >= 0.3 is 0 Å². The van der Waals surface area contributed by atoms with Crippen molar-refractivity contribution in [3.8, 4) is 11.3 Å². The fraction of sp³-hybridized carbons (Fsp3) is 0.160. The average Bonchev–Trinajstić information content (AvgIpc) is 3.28. The molecule has 0 saturated carbocycles. The van der Waals surface area contributed by atoms with Crippen LogP contribution in [0.25, 0.3) is 34.2 Å². The Labute approximate surface area is 170 Å². The summed E-state index contributed by atoms with van der Waals surface area (Å²) in [4.78, 5) is 2.36. The van der Waals surface area contributed by atoms with Crippen LogP contribution in [0.2, 0.25) is 0 Å². The lowest BCUT2D eigenvalue weighted by Crippen LogP contribution is -2.21. The van der Waals surface area contributed by atoms with Crippen molar-refractivity contribution in [3.63, 3.8) is 0 Å². The van der Waals surface area contributed by atoms with Gasteiger partial charge in [-0.25, -0.2) is 0 Å². The molecule has 140 valence electrons. The minimum absolute atomic E-state index is 1.03. The number of nitrogens with zero attached hydrogens (tertiary/aromatic N) is 2. The Morgan fingerprint density at radius 1 is 0.857 bits per heavy atom. The van der Waals surface area contributed by atoms with Crippen molar-refractivity contribution in [2.75, 3.05) is 18.0 Å². The van der Waals surface area contributed by atoms with Crippen molar-refractivity contribution < 1.29 is 0 Å². The van der Waals surface area contributed by atoms with Crippen LogP contribution in [0, 0.1) is 0 Å². The maximum absolute atomic E-state index is 4.60. The Balaban J connectivity index is 1.71. The van der Waals surface area contributed by atoms with E-state index in [-0.39, 0.29) is 0 Å². The molecule has 0 unspecified atom stereocenters. The summed E-state index contributed by atoms with van der Waals surface area (Å²) in [7, 11) is 0. The highest BCUT2D eigenvalue weighted by Crippen LogP contribution is 2.33. The van der Waals surface area contributed by atoms with Gasteiger partial charge in [0.05, 0.1) is 5.69 Å². The number of hydrogen-bond acceptors (Lipinski definition) is 3. The van der Waals surface area contributed by atoms with Crippen molar-refractivity contribution in [1.82, 2.24) is 4.37 Å². The zero-order chi connectivity index (χ0) is 19.3. The molecule has 3 aromatic carbocycles. The van der Waals surface area contributed by atoms with Crippen molar-refractivity contribution >= 4 is 40.1 Å². The molecule has 0 saturated heterocycles. The highest BCUT2D eigenvalue weighted by atomic mass is 32.1. The van der Waals surface area contributed by atoms with Crippen molar-refractivity contribution in [2.45, 2.75) is 13.8 Å². The maximum atomic E-state index is 4.60. The molecule has 0 radical (unpaired) electrons. The molecule has 1 heterocycles. The van der Waals surface area contributed by atoms with Crippen LogP contribution >= 0.6 is 11.5 Å². The average molecular weight is 385 g/mol. The third kappa shape index (κ3) is 3.71. The van der Waals surface area contributed by atoms with Gasteiger partial charge in [-0.05, 0) is 65.5 Å². The smallest absolute Gasteiger partial charge is 0.0852 e. The monoisotopic (exact) mass is 384 g/mol. The molecule has 4 aromatic rings. The van der Waals surface area contributed by atoms with Gasteiger partial charge in [0.2, 0.25) is 0 Å². The molecule has 4 rings (SSSR count). The van der Waals surface area contributed by atoms with Gasteiger partial charge in [0.25, 0.3) is 0 Å². The van der Waals surface area contributed by atoms with Crippen LogP contribution in [-0.4, -0.2) is 17.5 Å². The summed E-state index contributed by atoms with van der Waals surface area (Å²) < 4.78 is 4.60. The minimum atomic E-state index is 1.03. The number of aromatic nitrogens is 1. The summed E-state index contributed by atoms with van der Waals surface area (Å²) in [6.45, 7) is 6.44. The first-order valence-electron chi connectivity index (χ1n) is 9.75. The molecule has 0 atom stereocenters. The van der Waals surface area contributed by atoms with E-state index in [0.29, 0.717) is 0 Å². The summed E-state index contributed by atoms with van der Waals surface area (Å²) in [6.07, 6.45) is 4.39. The van der Waals surface area contributed by atoms with Crippen LogP contribution in [0.3, 0.4) is 0 Å². The van der Waals surface area contributed by atoms with E-state index < -0.39 is 0 Å². The van der Waals surface area contributed by atoms with E-state index in [1.165, 1.54) is 44.7 Å². The molecular weight excluding hydrogens is 360 g/mol. The van der Waals surface area contributed by atoms with E-state index in [2.05, 4.69) is 102 Å². The molecule has 0 aliphatic heterocycles. The second kappa shape index (κ2) is 8.41. The van der Waals surface area contributed by atoms with Crippen LogP contribution < -0.4 is 4.90 Å². The third-order valence-electron chi connectivity index (χ3n) is 5.13. The van der Waals surface area contributed by atoms with Crippen molar-refractivity contribution in [3.05, 3.63) is 83.2 Å². The quantitative estimate of drug-likeness (QED) is 0.333. The number of benzene rings is 3. The molecule has 0 spiro atoms. The first-order valence-corrected chi connectivity index (χ1v) is 10.6. The van der Waals surface area contributed by atoms with Gasteiger partial charge < -0.3 is 4.90 Å². The molecule has 0 N–H and O–H groups in total. The first-order chi connectivity index (χ1) is 13.8. The van der Waals surface area contributed by atoms with Gasteiger partial charge in [-0.2, -0.15) is 4.37 Å². The maximum Gasteiger partial charge on any atom is 0.0852 e. The molecule has 3 heteroatoms. The second-order valence-electron chi connectivity index (χ2n) is 6.73. The van der Waals surface area contributed by atoms with E-state index in [1.54, 1.807) is 0 Å². The van der Waals surface area contributed by atoms with Crippen LogP contribution in [-0.2, 0) is 0 Å². The van der Waals surface area contributed by atoms with Crippen LogP contribution in [0.15, 0.2) is 72.1 Å². The van der Waals surface area contributed by atoms with Crippen LogP contribution in [0.4, 0.5) is 5.69 Å². The molecule has 28 heavy (non-hydrogen) atoms. The van der Waals surface area contributed by atoms with Crippen molar-refractivity contribution in [1.29, 1.82) is 0 Å². The Bertz CT molecular complexity index is 1080. The number of anilines is 1. The molecular formula is C25H24N2S. The van der Waals surface area contributed by atoms with Crippen LogP contribution in [0.1, 0.15) is 25.0 Å². The van der Waals surface area contributed by atoms with Gasteiger partial charge in [0.1, 0.15) is 0 Å². The lowest BCUT2D eigenvalue weighted by molar-refractivity contribution is 0.866. The second-order valence-corrected chi connectivity index (χ2v) is 7.40. The van der Waals surface area contributed by atoms with Crippen LogP contribution in [0.5, 0.6) is 0 Å². The largest absolute Gasteiger partial charge is 0.372 e. The Morgan fingerprint density at radius 2 is 1.64 bits per heavy atom. The zero-order valence-corrected chi connectivity index (χ0v) is 17.1. The third-order valence-corrected chi connectivity index (χ3v) is 5.69. The topological polar surface area (TPSA) is 16.1 Å². The SMILES string of the molecule is CCN(CC)c1ccc(C=Cc2ccc3ccccc3c2-c2ccsn2)cc1. The lowest BCUT2D eigenvalue weighted by Gasteiger charge is -2.20. The van der Waals surface area contributed by atoms with Gasteiger partial charge in [-0.1, -0.05) is 60.7 Å². The van der Waals surface area contributed by atoms with E-state index in [4.69, 9.17) is 0 Å². The fourth-order valence-electron chi connectivity index (χ4n) is 3.63. The van der Waals surface area contributed by atoms with E-state index in [0.717, 1.165) is 18.8 Å². The lowest BCUT2D eigenvalue weighted by atomic mass is 9.96. The normalized spacial score (nSPS) is 11.4. The standard InChI is InChI=1S/C25H24N2S/c1-3-27(4-2)22-15-10-19(11-16-22)9-12-21-14-13-20-7-5-6-8-23(20)25(21)24-17-18-28-26-24/h5-18H,3-4H2,1-2H3. The number of rotatable bonds is 6. The Kier molecular flexibility index (Phi) is 5.54. The fourth-order valence-corrected chi connectivity index (χ4v) is 4.14. The molecule has 0 bridgehead atoms.